The number of rotatable bonds is 2. The number of carbonyl (C=O) groups is 1. The quantitative estimate of drug-likeness (QED) is 0.801. The van der Waals surface area contributed by atoms with E-state index >= 15 is 0 Å². The molecule has 0 bridgehead atoms. The first-order chi connectivity index (χ1) is 8.11. The molecule has 0 aromatic rings. The predicted molar refractivity (Wildman–Crippen MR) is 69.5 cm³/mol. The number of nitrogens with zero attached hydrogens (tertiary/aromatic N) is 1. The van der Waals surface area contributed by atoms with Gasteiger partial charge in [0, 0.05) is 12.6 Å². The van der Waals surface area contributed by atoms with Crippen molar-refractivity contribution in [3.8, 4) is 0 Å². The van der Waals surface area contributed by atoms with Crippen LogP contribution >= 0.6 is 0 Å². The molecule has 0 spiro atoms. The molecule has 2 fully saturated rings. The zero-order chi connectivity index (χ0) is 12.4. The SMILES string of the molecule is CC(C)[C@H](N)C(=O)N1CCCC2CCCCC21. The highest BCUT2D eigenvalue weighted by atomic mass is 16.2. The van der Waals surface area contributed by atoms with Crippen LogP contribution in [0.5, 0.6) is 0 Å². The van der Waals surface area contributed by atoms with Crippen molar-refractivity contribution < 1.29 is 4.79 Å². The monoisotopic (exact) mass is 238 g/mol. The normalized spacial score (nSPS) is 31.2. The molecule has 1 saturated carbocycles. The summed E-state index contributed by atoms with van der Waals surface area (Å²) in [5.41, 5.74) is 6.02. The van der Waals surface area contributed by atoms with E-state index in [0.29, 0.717) is 6.04 Å². The number of carbonyl (C=O) groups excluding carboxylic acids is 1. The average Bonchev–Trinajstić information content (AvgIpc) is 2.36. The summed E-state index contributed by atoms with van der Waals surface area (Å²) in [6.45, 7) is 5.00. The van der Waals surface area contributed by atoms with Gasteiger partial charge in [-0.2, -0.15) is 0 Å². The molecule has 98 valence electrons. The van der Waals surface area contributed by atoms with Crippen LogP contribution in [0.3, 0.4) is 0 Å². The molecule has 0 radical (unpaired) electrons. The molecule has 3 heteroatoms. The smallest absolute Gasteiger partial charge is 0.240 e. The van der Waals surface area contributed by atoms with Gasteiger partial charge in [0.25, 0.3) is 0 Å². The van der Waals surface area contributed by atoms with E-state index in [1.807, 2.05) is 13.8 Å². The van der Waals surface area contributed by atoms with Crippen LogP contribution in [-0.2, 0) is 4.79 Å². The van der Waals surface area contributed by atoms with Crippen molar-refractivity contribution in [1.82, 2.24) is 4.90 Å². The van der Waals surface area contributed by atoms with Crippen LogP contribution in [0.15, 0.2) is 0 Å². The lowest BCUT2D eigenvalue weighted by Gasteiger charge is -2.45. The van der Waals surface area contributed by atoms with Crippen molar-refractivity contribution in [2.45, 2.75) is 64.5 Å². The van der Waals surface area contributed by atoms with Crippen molar-refractivity contribution in [1.29, 1.82) is 0 Å². The van der Waals surface area contributed by atoms with Crippen LogP contribution < -0.4 is 5.73 Å². The first-order valence-corrected chi connectivity index (χ1v) is 7.17. The minimum Gasteiger partial charge on any atom is -0.338 e. The Hall–Kier alpha value is -0.570. The Balaban J connectivity index is 2.05. The fraction of sp³-hybridized carbons (Fsp3) is 0.929. The van der Waals surface area contributed by atoms with Crippen LogP contribution in [0.25, 0.3) is 0 Å². The predicted octanol–water partition coefficient (Wildman–Crippen LogP) is 2.15. The maximum absolute atomic E-state index is 12.4. The highest BCUT2D eigenvalue weighted by Crippen LogP contribution is 2.35. The van der Waals surface area contributed by atoms with Gasteiger partial charge < -0.3 is 10.6 Å². The zero-order valence-corrected chi connectivity index (χ0v) is 11.2. The Morgan fingerprint density at radius 2 is 1.82 bits per heavy atom. The minimum absolute atomic E-state index is 0.191. The zero-order valence-electron chi connectivity index (χ0n) is 11.2. The summed E-state index contributed by atoms with van der Waals surface area (Å²) < 4.78 is 0. The number of nitrogens with two attached hydrogens (primary N) is 1. The molecule has 17 heavy (non-hydrogen) atoms. The van der Waals surface area contributed by atoms with Crippen LogP contribution in [-0.4, -0.2) is 29.4 Å². The van der Waals surface area contributed by atoms with Gasteiger partial charge in [-0.15, -0.1) is 0 Å². The Labute approximate surface area is 105 Å². The molecule has 0 aromatic carbocycles. The number of amides is 1. The Morgan fingerprint density at radius 1 is 1.18 bits per heavy atom. The second-order valence-electron chi connectivity index (χ2n) is 6.06. The molecule has 1 aliphatic carbocycles. The third-order valence-electron chi connectivity index (χ3n) is 4.53. The van der Waals surface area contributed by atoms with Gasteiger partial charge in [0.2, 0.25) is 5.91 Å². The van der Waals surface area contributed by atoms with Gasteiger partial charge in [0.1, 0.15) is 0 Å². The van der Waals surface area contributed by atoms with E-state index in [2.05, 4.69) is 4.90 Å². The Kier molecular flexibility index (Phi) is 4.08. The van der Waals surface area contributed by atoms with Crippen LogP contribution in [0.2, 0.25) is 0 Å². The van der Waals surface area contributed by atoms with Gasteiger partial charge in [-0.05, 0) is 37.5 Å². The van der Waals surface area contributed by atoms with Gasteiger partial charge in [-0.25, -0.2) is 0 Å². The van der Waals surface area contributed by atoms with Gasteiger partial charge in [0.05, 0.1) is 6.04 Å². The van der Waals surface area contributed by atoms with E-state index in [1.165, 1.54) is 32.1 Å². The molecule has 1 aliphatic heterocycles. The van der Waals surface area contributed by atoms with Crippen molar-refractivity contribution in [2.75, 3.05) is 6.54 Å². The summed E-state index contributed by atoms with van der Waals surface area (Å²) in [6, 6.07) is 0.186. The molecule has 1 saturated heterocycles. The number of likely N-dealkylation sites (tertiary alicyclic amines) is 1. The molecule has 1 heterocycles. The molecule has 0 aromatic heterocycles. The third kappa shape index (κ3) is 2.65. The van der Waals surface area contributed by atoms with E-state index in [4.69, 9.17) is 5.73 Å². The van der Waals surface area contributed by atoms with Gasteiger partial charge in [0.15, 0.2) is 0 Å². The van der Waals surface area contributed by atoms with Crippen molar-refractivity contribution in [3.05, 3.63) is 0 Å². The lowest BCUT2D eigenvalue weighted by Crippen LogP contribution is -2.55. The summed E-state index contributed by atoms with van der Waals surface area (Å²) >= 11 is 0. The highest BCUT2D eigenvalue weighted by Gasteiger charge is 2.37. The molecule has 3 atom stereocenters. The average molecular weight is 238 g/mol. The molecular weight excluding hydrogens is 212 g/mol. The summed E-state index contributed by atoms with van der Waals surface area (Å²) in [7, 11) is 0. The molecule has 3 nitrogen and oxygen atoms in total. The second-order valence-corrected chi connectivity index (χ2v) is 6.06. The summed E-state index contributed by atoms with van der Waals surface area (Å²) in [4.78, 5) is 14.5. The molecule has 1 amide bonds. The molecular formula is C14H26N2O. The van der Waals surface area contributed by atoms with Crippen molar-refractivity contribution >= 4 is 5.91 Å². The summed E-state index contributed by atoms with van der Waals surface area (Å²) in [5, 5.41) is 0. The first-order valence-electron chi connectivity index (χ1n) is 7.17. The van der Waals surface area contributed by atoms with Gasteiger partial charge in [-0.3, -0.25) is 4.79 Å². The Morgan fingerprint density at radius 3 is 2.53 bits per heavy atom. The third-order valence-corrected chi connectivity index (χ3v) is 4.53. The van der Waals surface area contributed by atoms with Crippen molar-refractivity contribution in [3.63, 3.8) is 0 Å². The fourth-order valence-electron chi connectivity index (χ4n) is 3.38. The highest BCUT2D eigenvalue weighted by molar-refractivity contribution is 5.82. The lowest BCUT2D eigenvalue weighted by atomic mass is 9.78. The van der Waals surface area contributed by atoms with Crippen LogP contribution in [0.4, 0.5) is 0 Å². The molecule has 2 N–H and O–H groups in total. The Bertz CT molecular complexity index is 275. The summed E-state index contributed by atoms with van der Waals surface area (Å²) in [5.74, 6) is 1.18. The van der Waals surface area contributed by atoms with E-state index in [1.54, 1.807) is 0 Å². The van der Waals surface area contributed by atoms with Crippen LogP contribution in [0, 0.1) is 11.8 Å². The number of fused-ring (bicyclic) bond motifs is 1. The maximum atomic E-state index is 12.4. The number of hydrogen-bond donors (Lipinski definition) is 1. The standard InChI is InChI=1S/C14H26N2O/c1-10(2)13(15)14(17)16-9-5-7-11-6-3-4-8-12(11)16/h10-13H,3-9,15H2,1-2H3/t11?,12?,13-/m0/s1. The van der Waals surface area contributed by atoms with E-state index < -0.39 is 0 Å². The largest absolute Gasteiger partial charge is 0.338 e. The minimum atomic E-state index is -0.310. The molecule has 2 unspecified atom stereocenters. The van der Waals surface area contributed by atoms with Gasteiger partial charge >= 0.3 is 0 Å². The number of hydrogen-bond acceptors (Lipinski definition) is 2. The van der Waals surface area contributed by atoms with Crippen molar-refractivity contribution in [2.24, 2.45) is 17.6 Å². The topological polar surface area (TPSA) is 46.3 Å². The van der Waals surface area contributed by atoms with Gasteiger partial charge in [-0.1, -0.05) is 26.7 Å². The fourth-order valence-corrected chi connectivity index (χ4v) is 3.38. The van der Waals surface area contributed by atoms with E-state index in [-0.39, 0.29) is 17.9 Å². The van der Waals surface area contributed by atoms with E-state index in [0.717, 1.165) is 18.9 Å². The van der Waals surface area contributed by atoms with Crippen LogP contribution in [0.1, 0.15) is 52.4 Å². The molecule has 2 rings (SSSR count). The van der Waals surface area contributed by atoms with E-state index in [9.17, 15) is 4.79 Å². The first kappa shape index (κ1) is 12.9. The number of piperidine rings is 1. The summed E-state index contributed by atoms with van der Waals surface area (Å²) in [6.07, 6.45) is 7.61. The lowest BCUT2D eigenvalue weighted by molar-refractivity contribution is -0.140. The maximum Gasteiger partial charge on any atom is 0.240 e. The second kappa shape index (κ2) is 5.38. The molecule has 2 aliphatic rings.